The minimum atomic E-state index is -0.197. The highest BCUT2D eigenvalue weighted by Gasteiger charge is 2.27. The molecule has 0 aliphatic carbocycles. The number of ether oxygens (including phenoxy) is 1. The number of nitrogens with zero attached hydrogens (tertiary/aromatic N) is 2. The van der Waals surface area contributed by atoms with Crippen LogP contribution in [-0.4, -0.2) is 35.2 Å². The number of phenolic OH excluding ortho intramolecular Hbond substituents is 1. The molecule has 0 fully saturated rings. The fourth-order valence-corrected chi connectivity index (χ4v) is 4.01. The minimum Gasteiger partial charge on any atom is -0.507 e. The van der Waals surface area contributed by atoms with E-state index in [1.54, 1.807) is 6.26 Å². The molecule has 0 radical (unpaired) electrons. The Bertz CT molecular complexity index is 1070. The number of hydrogen-bond acceptors (Lipinski definition) is 5. The molecule has 3 rings (SSSR count). The van der Waals surface area contributed by atoms with Gasteiger partial charge in [-0.25, -0.2) is 4.98 Å². The maximum absolute atomic E-state index is 11.0. The van der Waals surface area contributed by atoms with Crippen LogP contribution in [0.4, 0.5) is 0 Å². The number of aryl methyl sites for hydroxylation is 1. The van der Waals surface area contributed by atoms with E-state index in [4.69, 9.17) is 14.1 Å². The van der Waals surface area contributed by atoms with Gasteiger partial charge in [-0.15, -0.1) is 0 Å². The van der Waals surface area contributed by atoms with Crippen molar-refractivity contribution in [2.24, 2.45) is 0 Å². The van der Waals surface area contributed by atoms with Crippen molar-refractivity contribution in [3.8, 4) is 23.0 Å². The van der Waals surface area contributed by atoms with Gasteiger partial charge in [0.1, 0.15) is 17.8 Å². The van der Waals surface area contributed by atoms with Gasteiger partial charge < -0.3 is 19.2 Å². The van der Waals surface area contributed by atoms with Crippen LogP contribution in [0.5, 0.6) is 11.5 Å². The fraction of sp³-hybridized carbons (Fsp3) is 0.500. The molecule has 0 atom stereocenters. The number of benzene rings is 2. The van der Waals surface area contributed by atoms with Crippen molar-refractivity contribution >= 4 is 0 Å². The molecule has 5 nitrogen and oxygen atoms in total. The van der Waals surface area contributed by atoms with Crippen LogP contribution in [-0.2, 0) is 23.8 Å². The lowest BCUT2D eigenvalue weighted by Crippen LogP contribution is -2.17. The van der Waals surface area contributed by atoms with E-state index in [2.05, 4.69) is 72.5 Å². The number of hydrogen-bond donors (Lipinski definition) is 1. The molecular weight excluding hydrogens is 436 g/mol. The molecule has 2 aromatic carbocycles. The Labute approximate surface area is 211 Å². The predicted molar refractivity (Wildman–Crippen MR) is 143 cm³/mol. The summed E-state index contributed by atoms with van der Waals surface area (Å²) < 4.78 is 11.8. The van der Waals surface area contributed by atoms with Gasteiger partial charge >= 0.3 is 0 Å². The van der Waals surface area contributed by atoms with Crippen LogP contribution in [0.15, 0.2) is 47.1 Å². The molecule has 0 spiro atoms. The van der Waals surface area contributed by atoms with Crippen molar-refractivity contribution in [2.75, 3.05) is 20.2 Å². The lowest BCUT2D eigenvalue weighted by molar-refractivity contribution is 0.310. The highest BCUT2D eigenvalue weighted by molar-refractivity contribution is 5.63. The van der Waals surface area contributed by atoms with Crippen LogP contribution < -0.4 is 4.74 Å². The predicted octanol–water partition coefficient (Wildman–Crippen LogP) is 7.11. The first-order valence-corrected chi connectivity index (χ1v) is 12.6. The Morgan fingerprint density at radius 2 is 1.57 bits per heavy atom. The fourth-order valence-electron chi connectivity index (χ4n) is 4.01. The van der Waals surface area contributed by atoms with Crippen LogP contribution in [0.1, 0.15) is 77.3 Å². The van der Waals surface area contributed by atoms with Gasteiger partial charge in [-0.3, -0.25) is 0 Å². The molecule has 1 aromatic heterocycles. The van der Waals surface area contributed by atoms with Crippen LogP contribution in [0.2, 0.25) is 0 Å². The highest BCUT2D eigenvalue weighted by atomic mass is 16.5. The van der Waals surface area contributed by atoms with Crippen molar-refractivity contribution < 1.29 is 14.3 Å². The van der Waals surface area contributed by atoms with E-state index >= 15 is 0 Å². The smallest absolute Gasteiger partial charge is 0.226 e. The summed E-state index contributed by atoms with van der Waals surface area (Å²) in [4.78, 5) is 7.01. The number of rotatable bonds is 9. The Kier molecular flexibility index (Phi) is 8.32. The SMILES string of the molecule is CCN(C)Cc1ccc(OCCCc2coc(-c3cc(C(C)(C)C)c(O)c(C(C)(C)C)c3)n2)cc1. The van der Waals surface area contributed by atoms with Gasteiger partial charge in [-0.05, 0) is 67.1 Å². The zero-order valence-corrected chi connectivity index (χ0v) is 22.7. The van der Waals surface area contributed by atoms with Crippen molar-refractivity contribution in [3.05, 3.63) is 65.0 Å². The highest BCUT2D eigenvalue weighted by Crippen LogP contribution is 2.41. The molecule has 0 aliphatic rings. The van der Waals surface area contributed by atoms with Crippen molar-refractivity contribution in [1.82, 2.24) is 9.88 Å². The number of phenols is 1. The minimum absolute atomic E-state index is 0.197. The Morgan fingerprint density at radius 1 is 0.971 bits per heavy atom. The average Bonchev–Trinajstić information content (AvgIpc) is 3.25. The Morgan fingerprint density at radius 3 is 2.11 bits per heavy atom. The maximum atomic E-state index is 11.0. The monoisotopic (exact) mass is 478 g/mol. The standard InChI is InChI=1S/C30H42N2O3/c1-9-32(8)19-21-12-14-24(15-13-21)34-16-10-11-23-20-35-28(31-23)22-17-25(29(2,3)4)27(33)26(18-22)30(5,6)7/h12-15,17-18,20,33H,9-11,16,19H2,1-8H3. The first-order chi connectivity index (χ1) is 16.4. The van der Waals surface area contributed by atoms with Gasteiger partial charge in [0, 0.05) is 23.2 Å². The molecule has 1 N–H and O–H groups in total. The van der Waals surface area contributed by atoms with E-state index in [0.29, 0.717) is 18.2 Å². The molecule has 3 aromatic rings. The maximum Gasteiger partial charge on any atom is 0.226 e. The topological polar surface area (TPSA) is 58.7 Å². The molecule has 0 aliphatic heterocycles. The second-order valence-corrected chi connectivity index (χ2v) is 11.5. The molecule has 35 heavy (non-hydrogen) atoms. The number of aromatic hydroxyl groups is 1. The average molecular weight is 479 g/mol. The zero-order chi connectivity index (χ0) is 25.8. The van der Waals surface area contributed by atoms with E-state index < -0.39 is 0 Å². The molecular formula is C30H42N2O3. The summed E-state index contributed by atoms with van der Waals surface area (Å²) in [7, 11) is 2.12. The van der Waals surface area contributed by atoms with Crippen LogP contribution in [0.25, 0.3) is 11.5 Å². The van der Waals surface area contributed by atoms with E-state index in [1.165, 1.54) is 5.56 Å². The Hall–Kier alpha value is -2.79. The molecule has 0 saturated heterocycles. The number of aromatic nitrogens is 1. The number of oxazole rings is 1. The van der Waals surface area contributed by atoms with Crippen LogP contribution in [0.3, 0.4) is 0 Å². The van der Waals surface area contributed by atoms with Crippen molar-refractivity contribution in [2.45, 2.75) is 78.7 Å². The third-order valence-corrected chi connectivity index (χ3v) is 6.29. The van der Waals surface area contributed by atoms with E-state index in [1.807, 2.05) is 24.3 Å². The van der Waals surface area contributed by atoms with Gasteiger partial charge in [-0.2, -0.15) is 0 Å². The van der Waals surface area contributed by atoms with Crippen LogP contribution in [0, 0.1) is 0 Å². The van der Waals surface area contributed by atoms with E-state index in [9.17, 15) is 5.11 Å². The summed E-state index contributed by atoms with van der Waals surface area (Å²) in [5.74, 6) is 1.84. The Balaban J connectivity index is 1.64. The summed E-state index contributed by atoms with van der Waals surface area (Å²) in [6.45, 7) is 17.4. The normalized spacial score (nSPS) is 12.4. The van der Waals surface area contributed by atoms with Gasteiger partial charge in [0.15, 0.2) is 0 Å². The summed E-state index contributed by atoms with van der Waals surface area (Å²) in [5.41, 5.74) is 4.50. The summed E-state index contributed by atoms with van der Waals surface area (Å²) >= 11 is 0. The lowest BCUT2D eigenvalue weighted by Gasteiger charge is -2.27. The van der Waals surface area contributed by atoms with Crippen LogP contribution >= 0.6 is 0 Å². The zero-order valence-electron chi connectivity index (χ0n) is 22.7. The molecule has 5 heteroatoms. The quantitative estimate of drug-likeness (QED) is 0.332. The molecule has 1 heterocycles. The molecule has 0 unspecified atom stereocenters. The second kappa shape index (κ2) is 10.9. The van der Waals surface area contributed by atoms with Gasteiger partial charge in [0.25, 0.3) is 0 Å². The largest absolute Gasteiger partial charge is 0.507 e. The third kappa shape index (κ3) is 7.11. The van der Waals surface area contributed by atoms with Crippen molar-refractivity contribution in [3.63, 3.8) is 0 Å². The van der Waals surface area contributed by atoms with E-state index in [0.717, 1.165) is 54.1 Å². The van der Waals surface area contributed by atoms with Gasteiger partial charge in [0.2, 0.25) is 5.89 Å². The van der Waals surface area contributed by atoms with Crippen molar-refractivity contribution in [1.29, 1.82) is 0 Å². The lowest BCUT2D eigenvalue weighted by atomic mass is 9.78. The first-order valence-electron chi connectivity index (χ1n) is 12.6. The summed E-state index contributed by atoms with van der Waals surface area (Å²) in [5, 5.41) is 11.0. The molecule has 190 valence electrons. The molecule has 0 saturated carbocycles. The molecule has 0 bridgehead atoms. The van der Waals surface area contributed by atoms with Gasteiger partial charge in [0.05, 0.1) is 12.3 Å². The summed E-state index contributed by atoms with van der Waals surface area (Å²) in [6, 6.07) is 12.3. The third-order valence-electron chi connectivity index (χ3n) is 6.29. The first kappa shape index (κ1) is 26.8. The van der Waals surface area contributed by atoms with Gasteiger partial charge in [-0.1, -0.05) is 60.6 Å². The second-order valence-electron chi connectivity index (χ2n) is 11.5. The van der Waals surface area contributed by atoms with E-state index in [-0.39, 0.29) is 10.8 Å². The molecule has 0 amide bonds. The summed E-state index contributed by atoms with van der Waals surface area (Å²) in [6.07, 6.45) is 3.36.